The first-order valence-electron chi connectivity index (χ1n) is 4.34. The van der Waals surface area contributed by atoms with Crippen molar-refractivity contribution in [3.05, 3.63) is 32.9 Å². The minimum atomic E-state index is -1.18. The number of aromatic carboxylic acids is 1. The van der Waals surface area contributed by atoms with E-state index < -0.39 is 11.4 Å². The largest absolute Gasteiger partial charge is 0.477 e. The topological polar surface area (TPSA) is 59.3 Å². The van der Waals surface area contributed by atoms with Gasteiger partial charge in [-0.15, -0.1) is 11.3 Å². The molecule has 0 aromatic carbocycles. The SMILES string of the molecule is Cc1cc2c(=O)c(C(=O)O)cn(C)c2s1. The number of rotatable bonds is 1. The van der Waals surface area contributed by atoms with E-state index in [1.807, 2.05) is 6.92 Å². The summed E-state index contributed by atoms with van der Waals surface area (Å²) in [4.78, 5) is 24.4. The van der Waals surface area contributed by atoms with Crippen molar-refractivity contribution in [1.29, 1.82) is 0 Å². The van der Waals surface area contributed by atoms with Crippen molar-refractivity contribution >= 4 is 27.5 Å². The van der Waals surface area contributed by atoms with E-state index in [1.165, 1.54) is 17.5 Å². The van der Waals surface area contributed by atoms with E-state index in [-0.39, 0.29) is 5.56 Å². The number of hydrogen-bond donors (Lipinski definition) is 1. The number of aryl methyl sites for hydroxylation is 2. The number of hydrogen-bond acceptors (Lipinski definition) is 3. The van der Waals surface area contributed by atoms with Crippen LogP contribution in [0.5, 0.6) is 0 Å². The zero-order valence-corrected chi connectivity index (χ0v) is 9.09. The summed E-state index contributed by atoms with van der Waals surface area (Å²) < 4.78 is 1.68. The molecule has 0 spiro atoms. The van der Waals surface area contributed by atoms with Gasteiger partial charge in [0.05, 0.1) is 5.39 Å². The first kappa shape index (κ1) is 9.92. The minimum absolute atomic E-state index is 0.178. The molecular formula is C10H9NO3S. The highest BCUT2D eigenvalue weighted by Crippen LogP contribution is 2.22. The third kappa shape index (κ3) is 1.45. The molecule has 0 radical (unpaired) electrons. The van der Waals surface area contributed by atoms with Gasteiger partial charge in [0.15, 0.2) is 0 Å². The van der Waals surface area contributed by atoms with E-state index >= 15 is 0 Å². The fourth-order valence-electron chi connectivity index (χ4n) is 1.53. The number of carboxylic acid groups (broad SMARTS) is 1. The Morgan fingerprint density at radius 1 is 1.53 bits per heavy atom. The summed E-state index contributed by atoms with van der Waals surface area (Å²) in [7, 11) is 1.74. The van der Waals surface area contributed by atoms with Crippen LogP contribution in [-0.4, -0.2) is 15.6 Å². The van der Waals surface area contributed by atoms with Crippen LogP contribution in [0.3, 0.4) is 0 Å². The molecule has 0 aliphatic carbocycles. The first-order valence-corrected chi connectivity index (χ1v) is 5.15. The molecule has 0 saturated carbocycles. The lowest BCUT2D eigenvalue weighted by molar-refractivity contribution is 0.0695. The molecular weight excluding hydrogens is 214 g/mol. The standard InChI is InChI=1S/C10H9NO3S/c1-5-3-6-8(12)7(10(13)14)4-11(2)9(6)15-5/h3-4H,1-2H3,(H,13,14). The Labute approximate surface area is 89.4 Å². The quantitative estimate of drug-likeness (QED) is 0.799. The van der Waals surface area contributed by atoms with Crippen LogP contribution in [0.1, 0.15) is 15.2 Å². The molecule has 0 saturated heterocycles. The molecule has 0 atom stereocenters. The number of carbonyl (C=O) groups is 1. The fourth-order valence-corrected chi connectivity index (χ4v) is 2.47. The van der Waals surface area contributed by atoms with Crippen molar-refractivity contribution in [1.82, 2.24) is 4.57 Å². The van der Waals surface area contributed by atoms with Gasteiger partial charge in [-0.25, -0.2) is 4.79 Å². The predicted molar refractivity (Wildman–Crippen MR) is 58.8 cm³/mol. The molecule has 15 heavy (non-hydrogen) atoms. The Kier molecular flexibility index (Phi) is 2.12. The van der Waals surface area contributed by atoms with Crippen LogP contribution in [-0.2, 0) is 7.05 Å². The Bertz CT molecular complexity index is 609. The monoisotopic (exact) mass is 223 g/mol. The number of thiophene rings is 1. The number of pyridine rings is 1. The van der Waals surface area contributed by atoms with E-state index in [4.69, 9.17) is 5.11 Å². The summed E-state index contributed by atoms with van der Waals surface area (Å²) in [5, 5.41) is 9.33. The minimum Gasteiger partial charge on any atom is -0.477 e. The van der Waals surface area contributed by atoms with Gasteiger partial charge in [0.2, 0.25) is 5.43 Å². The second-order valence-corrected chi connectivity index (χ2v) is 4.60. The Hall–Kier alpha value is -1.62. The van der Waals surface area contributed by atoms with Gasteiger partial charge in [0.1, 0.15) is 10.4 Å². The summed E-state index contributed by atoms with van der Waals surface area (Å²) >= 11 is 1.48. The molecule has 5 heteroatoms. The van der Waals surface area contributed by atoms with Crippen molar-refractivity contribution in [3.8, 4) is 0 Å². The molecule has 2 rings (SSSR count). The van der Waals surface area contributed by atoms with Crippen LogP contribution in [0.25, 0.3) is 10.2 Å². The molecule has 2 aromatic heterocycles. The second-order valence-electron chi connectivity index (χ2n) is 3.36. The summed E-state index contributed by atoms with van der Waals surface area (Å²) in [5.41, 5.74) is -0.581. The summed E-state index contributed by atoms with van der Waals surface area (Å²) in [5.74, 6) is -1.18. The third-order valence-corrected chi connectivity index (χ3v) is 3.34. The van der Waals surface area contributed by atoms with Crippen LogP contribution >= 0.6 is 11.3 Å². The lowest BCUT2D eigenvalue weighted by Crippen LogP contribution is -2.16. The molecule has 78 valence electrons. The van der Waals surface area contributed by atoms with Gasteiger partial charge in [-0.05, 0) is 13.0 Å². The van der Waals surface area contributed by atoms with Crippen LogP contribution < -0.4 is 5.43 Å². The third-order valence-electron chi connectivity index (χ3n) is 2.20. The van der Waals surface area contributed by atoms with E-state index in [1.54, 1.807) is 17.7 Å². The second kappa shape index (κ2) is 3.20. The average Bonchev–Trinajstić information content (AvgIpc) is 2.53. The smallest absolute Gasteiger partial charge is 0.341 e. The highest BCUT2D eigenvalue weighted by Gasteiger charge is 2.14. The zero-order valence-electron chi connectivity index (χ0n) is 8.27. The van der Waals surface area contributed by atoms with E-state index in [9.17, 15) is 9.59 Å². The average molecular weight is 223 g/mol. The molecule has 0 unspecified atom stereocenters. The van der Waals surface area contributed by atoms with Gasteiger partial charge in [0, 0.05) is 18.1 Å². The maximum Gasteiger partial charge on any atom is 0.341 e. The predicted octanol–water partition coefficient (Wildman–Crippen LogP) is 1.61. The molecule has 4 nitrogen and oxygen atoms in total. The van der Waals surface area contributed by atoms with Crippen LogP contribution in [0.2, 0.25) is 0 Å². The molecule has 2 heterocycles. The maximum absolute atomic E-state index is 11.7. The van der Waals surface area contributed by atoms with Gasteiger partial charge >= 0.3 is 5.97 Å². The van der Waals surface area contributed by atoms with Crippen LogP contribution in [0.15, 0.2) is 17.1 Å². The molecule has 0 bridgehead atoms. The van der Waals surface area contributed by atoms with Crippen molar-refractivity contribution in [3.63, 3.8) is 0 Å². The lowest BCUT2D eigenvalue weighted by atomic mass is 10.2. The Balaban J connectivity index is 2.96. The van der Waals surface area contributed by atoms with Crippen LogP contribution in [0, 0.1) is 6.92 Å². The highest BCUT2D eigenvalue weighted by atomic mass is 32.1. The fraction of sp³-hybridized carbons (Fsp3) is 0.200. The van der Waals surface area contributed by atoms with E-state index in [0.717, 1.165) is 9.71 Å². The van der Waals surface area contributed by atoms with Crippen molar-refractivity contribution in [2.75, 3.05) is 0 Å². The van der Waals surface area contributed by atoms with Gasteiger partial charge < -0.3 is 9.67 Å². The van der Waals surface area contributed by atoms with E-state index in [0.29, 0.717) is 5.39 Å². The Morgan fingerprint density at radius 3 is 2.80 bits per heavy atom. The normalized spacial score (nSPS) is 10.8. The first-order chi connectivity index (χ1) is 7.00. The molecule has 0 aliphatic heterocycles. The molecule has 0 fully saturated rings. The Morgan fingerprint density at radius 2 is 2.20 bits per heavy atom. The number of fused-ring (bicyclic) bond motifs is 1. The van der Waals surface area contributed by atoms with E-state index in [2.05, 4.69) is 0 Å². The number of aromatic nitrogens is 1. The number of carboxylic acids is 1. The van der Waals surface area contributed by atoms with Gasteiger partial charge in [-0.1, -0.05) is 0 Å². The van der Waals surface area contributed by atoms with Crippen LogP contribution in [0.4, 0.5) is 0 Å². The molecule has 2 aromatic rings. The number of nitrogens with zero attached hydrogens (tertiary/aromatic N) is 1. The van der Waals surface area contributed by atoms with Crippen molar-refractivity contribution < 1.29 is 9.90 Å². The molecule has 0 amide bonds. The lowest BCUT2D eigenvalue weighted by Gasteiger charge is -2.01. The van der Waals surface area contributed by atoms with Crippen molar-refractivity contribution in [2.45, 2.75) is 6.92 Å². The maximum atomic E-state index is 11.7. The highest BCUT2D eigenvalue weighted by molar-refractivity contribution is 7.18. The van der Waals surface area contributed by atoms with Gasteiger partial charge in [-0.3, -0.25) is 4.79 Å². The van der Waals surface area contributed by atoms with Gasteiger partial charge in [0.25, 0.3) is 0 Å². The summed E-state index contributed by atoms with van der Waals surface area (Å²) in [6.45, 7) is 1.89. The van der Waals surface area contributed by atoms with Crippen molar-refractivity contribution in [2.24, 2.45) is 7.05 Å². The molecule has 0 aliphatic rings. The van der Waals surface area contributed by atoms with Gasteiger partial charge in [-0.2, -0.15) is 0 Å². The zero-order chi connectivity index (χ0) is 11.2. The molecule has 1 N–H and O–H groups in total. The summed E-state index contributed by atoms with van der Waals surface area (Å²) in [6.07, 6.45) is 1.36. The summed E-state index contributed by atoms with van der Waals surface area (Å²) in [6, 6.07) is 1.73.